The van der Waals surface area contributed by atoms with Gasteiger partial charge in [0.1, 0.15) is 32.3 Å². The molecule has 0 aromatic carbocycles. The minimum atomic E-state index is -0.686. The van der Waals surface area contributed by atoms with E-state index in [0.717, 1.165) is 11.8 Å². The number of aliphatic hydroxyl groups is 1. The molecule has 0 saturated heterocycles. The smallest absolute Gasteiger partial charge is 0.348 e. The Kier molecular flexibility index (Phi) is 6.33. The third-order valence-electron chi connectivity index (χ3n) is 2.15. The number of esters is 1. The van der Waals surface area contributed by atoms with E-state index in [1.54, 1.807) is 13.2 Å². The molecule has 0 spiro atoms. The first-order chi connectivity index (χ1) is 9.94. The van der Waals surface area contributed by atoms with Crippen molar-refractivity contribution in [1.82, 2.24) is 9.97 Å². The van der Waals surface area contributed by atoms with E-state index in [0.29, 0.717) is 5.03 Å². The monoisotopic (exact) mass is 326 g/mol. The lowest BCUT2D eigenvalue weighted by atomic mass is 10.4. The van der Waals surface area contributed by atoms with Crippen molar-refractivity contribution in [2.45, 2.75) is 23.9 Å². The van der Waals surface area contributed by atoms with Crippen LogP contribution >= 0.6 is 23.5 Å². The predicted molar refractivity (Wildman–Crippen MR) is 80.8 cm³/mol. The first-order valence-electron chi connectivity index (χ1n) is 5.80. The van der Waals surface area contributed by atoms with Crippen LogP contribution in [0.4, 0.5) is 5.95 Å². The van der Waals surface area contributed by atoms with E-state index >= 15 is 0 Å². The molecule has 0 atom stereocenters. The Labute approximate surface area is 130 Å². The Morgan fingerprint density at radius 2 is 2.10 bits per heavy atom. The molecule has 1 heterocycles. The highest BCUT2D eigenvalue weighted by Crippen LogP contribution is 2.33. The second kappa shape index (κ2) is 7.75. The van der Waals surface area contributed by atoms with Gasteiger partial charge in [-0.1, -0.05) is 11.8 Å². The van der Waals surface area contributed by atoms with Crippen LogP contribution in [-0.4, -0.2) is 33.9 Å². The number of rotatable bonds is 5. The molecule has 0 saturated carbocycles. The topological polar surface area (TPSA) is 122 Å². The number of hydrogen-bond acceptors (Lipinski definition) is 9. The number of carbonyl (C=O) groups is 1. The summed E-state index contributed by atoms with van der Waals surface area (Å²) in [4.78, 5) is 19.7. The summed E-state index contributed by atoms with van der Waals surface area (Å²) in [5, 5.41) is 19.5. The number of nitriles is 1. The van der Waals surface area contributed by atoms with Gasteiger partial charge in [-0.2, -0.15) is 5.26 Å². The summed E-state index contributed by atoms with van der Waals surface area (Å²) < 4.78 is 4.86. The Hall–Kier alpha value is -1.92. The number of ether oxygens (including phenoxy) is 1. The second-order valence-electron chi connectivity index (χ2n) is 3.62. The van der Waals surface area contributed by atoms with E-state index in [4.69, 9.17) is 10.5 Å². The number of aliphatic hydroxyl groups excluding tert-OH is 1. The van der Waals surface area contributed by atoms with Gasteiger partial charge in [0.2, 0.25) is 5.95 Å². The van der Waals surface area contributed by atoms with Crippen molar-refractivity contribution < 1.29 is 14.6 Å². The molecule has 0 radical (unpaired) electrons. The molecule has 1 aromatic rings. The van der Waals surface area contributed by atoms with Gasteiger partial charge in [-0.15, -0.1) is 11.8 Å². The standard InChI is InChI=1S/C12H14N4O3S2/c1-4-19-11(18)8(6(2)17)21-10-7(5-13)9(20-3)15-12(14)16-10/h17H,4H2,1-3H3,(H2,14,15,16)/b8-6+. The molecule has 112 valence electrons. The number of nitrogen functional groups attached to an aromatic ring is 1. The van der Waals surface area contributed by atoms with Gasteiger partial charge in [0.05, 0.1) is 6.61 Å². The lowest BCUT2D eigenvalue weighted by molar-refractivity contribution is -0.137. The quantitative estimate of drug-likeness (QED) is 0.275. The van der Waals surface area contributed by atoms with Gasteiger partial charge in [-0.3, -0.25) is 0 Å². The molecule has 7 nitrogen and oxygen atoms in total. The van der Waals surface area contributed by atoms with Crippen molar-refractivity contribution in [1.29, 1.82) is 5.26 Å². The van der Waals surface area contributed by atoms with Crippen LogP contribution in [0.1, 0.15) is 19.4 Å². The first kappa shape index (κ1) is 17.1. The normalized spacial score (nSPS) is 11.5. The van der Waals surface area contributed by atoms with E-state index in [1.807, 2.05) is 6.07 Å². The van der Waals surface area contributed by atoms with Gasteiger partial charge in [-0.05, 0) is 20.1 Å². The molecule has 3 N–H and O–H groups in total. The van der Waals surface area contributed by atoms with Crippen LogP contribution in [-0.2, 0) is 9.53 Å². The number of aromatic nitrogens is 2. The van der Waals surface area contributed by atoms with Crippen molar-refractivity contribution in [3.05, 3.63) is 16.2 Å². The van der Waals surface area contributed by atoms with Crippen LogP contribution in [0.15, 0.2) is 20.7 Å². The molecule has 1 rings (SSSR count). The van der Waals surface area contributed by atoms with Gasteiger partial charge < -0.3 is 15.6 Å². The number of nitrogens with zero attached hydrogens (tertiary/aromatic N) is 3. The minimum absolute atomic E-state index is 0.0142. The number of thioether (sulfide) groups is 2. The zero-order valence-corrected chi connectivity index (χ0v) is 13.3. The molecule has 0 unspecified atom stereocenters. The fourth-order valence-electron chi connectivity index (χ4n) is 1.31. The molecule has 9 heteroatoms. The highest BCUT2D eigenvalue weighted by molar-refractivity contribution is 8.04. The lowest BCUT2D eigenvalue weighted by Gasteiger charge is -2.10. The molecule has 1 aromatic heterocycles. The molecule has 0 bridgehead atoms. The van der Waals surface area contributed by atoms with Crippen LogP contribution in [0.3, 0.4) is 0 Å². The number of carbonyl (C=O) groups excluding carboxylic acids is 1. The maximum atomic E-state index is 11.8. The SMILES string of the molecule is CCOC(=O)/C(Sc1nc(N)nc(SC)c1C#N)=C(/C)O. The van der Waals surface area contributed by atoms with Crippen molar-refractivity contribution in [2.75, 3.05) is 18.6 Å². The number of anilines is 1. The van der Waals surface area contributed by atoms with Gasteiger partial charge in [0, 0.05) is 0 Å². The average Bonchev–Trinajstić information content (AvgIpc) is 2.43. The molecular formula is C12H14N4O3S2. The summed E-state index contributed by atoms with van der Waals surface area (Å²) in [6.07, 6.45) is 1.75. The zero-order valence-electron chi connectivity index (χ0n) is 11.7. The predicted octanol–water partition coefficient (Wildman–Crippen LogP) is 2.10. The second-order valence-corrected chi connectivity index (χ2v) is 5.41. The molecule has 21 heavy (non-hydrogen) atoms. The van der Waals surface area contributed by atoms with Crippen LogP contribution in [0.5, 0.6) is 0 Å². The van der Waals surface area contributed by atoms with Crippen LogP contribution < -0.4 is 5.73 Å². The van der Waals surface area contributed by atoms with Crippen LogP contribution in [0.2, 0.25) is 0 Å². The van der Waals surface area contributed by atoms with Crippen LogP contribution in [0, 0.1) is 11.3 Å². The van der Waals surface area contributed by atoms with Gasteiger partial charge >= 0.3 is 5.97 Å². The summed E-state index contributed by atoms with van der Waals surface area (Å²) in [5.74, 6) is -0.917. The summed E-state index contributed by atoms with van der Waals surface area (Å²) >= 11 is 2.07. The van der Waals surface area contributed by atoms with Crippen molar-refractivity contribution in [3.8, 4) is 6.07 Å². The first-order valence-corrected chi connectivity index (χ1v) is 7.85. The van der Waals surface area contributed by atoms with Gasteiger partial charge in [0.15, 0.2) is 0 Å². The summed E-state index contributed by atoms with van der Waals surface area (Å²) in [5.41, 5.74) is 5.79. The minimum Gasteiger partial charge on any atom is -0.511 e. The molecular weight excluding hydrogens is 312 g/mol. The van der Waals surface area contributed by atoms with Gasteiger partial charge in [-0.25, -0.2) is 14.8 Å². The number of hydrogen-bond donors (Lipinski definition) is 2. The van der Waals surface area contributed by atoms with E-state index in [9.17, 15) is 15.2 Å². The molecule has 0 aliphatic heterocycles. The van der Waals surface area contributed by atoms with E-state index < -0.39 is 5.97 Å². The van der Waals surface area contributed by atoms with Crippen molar-refractivity contribution >= 4 is 35.4 Å². The molecule has 0 amide bonds. The van der Waals surface area contributed by atoms with Crippen LogP contribution in [0.25, 0.3) is 0 Å². The molecule has 0 aliphatic rings. The highest BCUT2D eigenvalue weighted by atomic mass is 32.2. The van der Waals surface area contributed by atoms with E-state index in [-0.39, 0.29) is 33.8 Å². The third-order valence-corrected chi connectivity index (χ3v) is 3.99. The summed E-state index contributed by atoms with van der Waals surface area (Å²) in [6.45, 7) is 3.18. The average molecular weight is 326 g/mol. The maximum absolute atomic E-state index is 11.8. The Bertz CT molecular complexity index is 622. The van der Waals surface area contributed by atoms with E-state index in [1.165, 1.54) is 18.7 Å². The third kappa shape index (κ3) is 4.27. The Morgan fingerprint density at radius 1 is 1.48 bits per heavy atom. The fraction of sp³-hybridized carbons (Fsp3) is 0.333. The fourth-order valence-corrected chi connectivity index (χ4v) is 2.77. The van der Waals surface area contributed by atoms with Crippen molar-refractivity contribution in [2.24, 2.45) is 0 Å². The Morgan fingerprint density at radius 3 is 2.57 bits per heavy atom. The lowest BCUT2D eigenvalue weighted by Crippen LogP contribution is -2.09. The highest BCUT2D eigenvalue weighted by Gasteiger charge is 2.21. The van der Waals surface area contributed by atoms with Crippen molar-refractivity contribution in [3.63, 3.8) is 0 Å². The summed E-state index contributed by atoms with van der Waals surface area (Å²) in [6, 6.07) is 1.98. The van der Waals surface area contributed by atoms with Gasteiger partial charge in [0.25, 0.3) is 0 Å². The zero-order chi connectivity index (χ0) is 16.0. The maximum Gasteiger partial charge on any atom is 0.348 e. The molecule has 0 fully saturated rings. The largest absolute Gasteiger partial charge is 0.511 e. The summed E-state index contributed by atoms with van der Waals surface area (Å²) in [7, 11) is 0. The Balaban J connectivity index is 3.29. The molecule has 0 aliphatic carbocycles. The number of allylic oxidation sites excluding steroid dienone is 1. The number of nitrogens with two attached hydrogens (primary N) is 1. The van der Waals surface area contributed by atoms with E-state index in [2.05, 4.69) is 9.97 Å².